The predicted molar refractivity (Wildman–Crippen MR) is 122 cm³/mol. The van der Waals surface area contributed by atoms with Gasteiger partial charge >= 0.3 is 0 Å². The first-order valence-electron chi connectivity index (χ1n) is 10.8. The summed E-state index contributed by atoms with van der Waals surface area (Å²) >= 11 is 0. The summed E-state index contributed by atoms with van der Waals surface area (Å²) in [5.41, 5.74) is 3.47. The molecule has 1 unspecified atom stereocenters. The summed E-state index contributed by atoms with van der Waals surface area (Å²) in [6.07, 6.45) is 5.06. The maximum absolute atomic E-state index is 13.8. The smallest absolute Gasteiger partial charge is 0.259 e. The highest BCUT2D eigenvalue weighted by atomic mass is 16.1. The highest BCUT2D eigenvalue weighted by molar-refractivity contribution is 5.85. The van der Waals surface area contributed by atoms with Crippen LogP contribution in [-0.4, -0.2) is 49.5 Å². The molecule has 0 spiro atoms. The second kappa shape index (κ2) is 7.77. The lowest BCUT2D eigenvalue weighted by atomic mass is 10.00. The molecule has 31 heavy (non-hydrogen) atoms. The standard InChI is InChI=1S/C23H27N7O/c1-14-5-4-6-16-11-18(15(2)28-22-20-21(25-12-24-20)26-13-27-22)30(23(31)19(14)16)17-7-9-29(3)10-8-17/h4-6,11-13,15,17H,7-10H2,1-3H3,(H2,24,25,26,27,28). The van der Waals surface area contributed by atoms with Gasteiger partial charge in [0, 0.05) is 11.7 Å². The number of aromatic amines is 1. The summed E-state index contributed by atoms with van der Waals surface area (Å²) in [6, 6.07) is 8.25. The maximum atomic E-state index is 13.8. The lowest BCUT2D eigenvalue weighted by Crippen LogP contribution is -2.37. The molecule has 160 valence electrons. The van der Waals surface area contributed by atoms with Gasteiger partial charge < -0.3 is 19.8 Å². The van der Waals surface area contributed by atoms with E-state index in [4.69, 9.17) is 0 Å². The van der Waals surface area contributed by atoms with Crippen LogP contribution >= 0.6 is 0 Å². The topological polar surface area (TPSA) is 91.7 Å². The van der Waals surface area contributed by atoms with Crippen molar-refractivity contribution in [3.63, 3.8) is 0 Å². The Hall–Kier alpha value is -3.26. The lowest BCUT2D eigenvalue weighted by Gasteiger charge is -2.33. The van der Waals surface area contributed by atoms with Crippen molar-refractivity contribution in [3.05, 3.63) is 58.5 Å². The molecule has 5 rings (SSSR count). The Labute approximate surface area is 180 Å². The summed E-state index contributed by atoms with van der Waals surface area (Å²) in [4.78, 5) is 32.1. The van der Waals surface area contributed by atoms with Gasteiger partial charge in [-0.05, 0) is 63.8 Å². The molecule has 1 saturated heterocycles. The minimum atomic E-state index is -0.132. The third kappa shape index (κ3) is 3.46. The molecule has 4 heterocycles. The second-order valence-corrected chi connectivity index (χ2v) is 8.51. The van der Waals surface area contributed by atoms with E-state index >= 15 is 0 Å². The van der Waals surface area contributed by atoms with E-state index in [0.29, 0.717) is 17.0 Å². The van der Waals surface area contributed by atoms with Crippen LogP contribution in [0.25, 0.3) is 21.9 Å². The van der Waals surface area contributed by atoms with Gasteiger partial charge in [0.05, 0.1) is 17.8 Å². The van der Waals surface area contributed by atoms with Crippen LogP contribution in [0.1, 0.15) is 43.1 Å². The third-order valence-electron chi connectivity index (χ3n) is 6.39. The average Bonchev–Trinajstić information content (AvgIpc) is 3.24. The molecular formula is C23H27N7O. The van der Waals surface area contributed by atoms with Crippen LogP contribution in [0.5, 0.6) is 0 Å². The van der Waals surface area contributed by atoms with Crippen molar-refractivity contribution in [3.8, 4) is 0 Å². The van der Waals surface area contributed by atoms with Crippen LogP contribution in [0.4, 0.5) is 5.82 Å². The third-order valence-corrected chi connectivity index (χ3v) is 6.39. The van der Waals surface area contributed by atoms with Gasteiger partial charge in [-0.25, -0.2) is 15.0 Å². The van der Waals surface area contributed by atoms with E-state index in [9.17, 15) is 4.79 Å². The first-order valence-corrected chi connectivity index (χ1v) is 10.8. The van der Waals surface area contributed by atoms with Crippen molar-refractivity contribution in [2.75, 3.05) is 25.5 Å². The molecule has 1 aromatic carbocycles. The molecule has 0 amide bonds. The molecule has 1 aliphatic heterocycles. The van der Waals surface area contributed by atoms with E-state index in [0.717, 1.165) is 48.0 Å². The normalized spacial score (nSPS) is 16.7. The average molecular weight is 418 g/mol. The molecular weight excluding hydrogens is 390 g/mol. The summed E-state index contributed by atoms with van der Waals surface area (Å²) in [6.45, 7) is 6.07. The van der Waals surface area contributed by atoms with Gasteiger partial charge in [-0.1, -0.05) is 18.2 Å². The van der Waals surface area contributed by atoms with Gasteiger partial charge in [-0.15, -0.1) is 0 Å². The van der Waals surface area contributed by atoms with Crippen LogP contribution in [0.3, 0.4) is 0 Å². The number of piperidine rings is 1. The van der Waals surface area contributed by atoms with E-state index in [1.165, 1.54) is 6.33 Å². The Bertz CT molecular complexity index is 1300. The molecule has 8 nitrogen and oxygen atoms in total. The SMILES string of the molecule is Cc1cccc2cc(C(C)Nc3ncnc4[nH]cnc34)n(C3CCN(C)CC3)c(=O)c12. The summed E-state index contributed by atoms with van der Waals surface area (Å²) < 4.78 is 2.03. The molecule has 3 aromatic heterocycles. The summed E-state index contributed by atoms with van der Waals surface area (Å²) in [5, 5.41) is 5.27. The molecule has 1 atom stereocenters. The number of nitrogens with zero attached hydrogens (tertiary/aromatic N) is 5. The monoisotopic (exact) mass is 417 g/mol. The van der Waals surface area contributed by atoms with Crippen molar-refractivity contribution in [2.24, 2.45) is 0 Å². The highest BCUT2D eigenvalue weighted by Gasteiger charge is 2.25. The number of rotatable bonds is 4. The van der Waals surface area contributed by atoms with E-state index in [1.54, 1.807) is 6.33 Å². The number of imidazole rings is 1. The van der Waals surface area contributed by atoms with Crippen LogP contribution < -0.4 is 10.9 Å². The van der Waals surface area contributed by atoms with E-state index in [1.807, 2.05) is 29.7 Å². The molecule has 1 aliphatic rings. The Morgan fingerprint density at radius 1 is 1.19 bits per heavy atom. The van der Waals surface area contributed by atoms with Crippen molar-refractivity contribution in [1.82, 2.24) is 29.4 Å². The predicted octanol–water partition coefficient (Wildman–Crippen LogP) is 3.42. The number of likely N-dealkylation sites (tertiary alicyclic amines) is 1. The minimum Gasteiger partial charge on any atom is -0.360 e. The fourth-order valence-electron chi connectivity index (χ4n) is 4.68. The molecule has 2 N–H and O–H groups in total. The van der Waals surface area contributed by atoms with Crippen molar-refractivity contribution >= 4 is 27.8 Å². The highest BCUT2D eigenvalue weighted by Crippen LogP contribution is 2.29. The minimum absolute atomic E-state index is 0.0985. The first kappa shape index (κ1) is 19.7. The van der Waals surface area contributed by atoms with Gasteiger partial charge in [0.1, 0.15) is 11.8 Å². The van der Waals surface area contributed by atoms with Gasteiger partial charge in [0.25, 0.3) is 5.56 Å². The van der Waals surface area contributed by atoms with Gasteiger partial charge in [-0.3, -0.25) is 4.79 Å². The number of aromatic nitrogens is 5. The van der Waals surface area contributed by atoms with Gasteiger partial charge in [-0.2, -0.15) is 0 Å². The number of anilines is 1. The molecule has 0 saturated carbocycles. The van der Waals surface area contributed by atoms with Crippen molar-refractivity contribution < 1.29 is 0 Å². The number of pyridine rings is 1. The quantitative estimate of drug-likeness (QED) is 0.529. The number of hydrogen-bond donors (Lipinski definition) is 2. The number of benzene rings is 1. The zero-order chi connectivity index (χ0) is 21.5. The van der Waals surface area contributed by atoms with Crippen LogP contribution in [0.15, 0.2) is 41.7 Å². The molecule has 4 aromatic rings. The number of aryl methyl sites for hydroxylation is 1. The molecule has 0 radical (unpaired) electrons. The number of fused-ring (bicyclic) bond motifs is 2. The zero-order valence-corrected chi connectivity index (χ0v) is 18.1. The van der Waals surface area contributed by atoms with E-state index in [2.05, 4.69) is 50.2 Å². The van der Waals surface area contributed by atoms with Crippen LogP contribution in [0.2, 0.25) is 0 Å². The Morgan fingerprint density at radius 3 is 2.81 bits per heavy atom. The maximum Gasteiger partial charge on any atom is 0.259 e. The number of hydrogen-bond acceptors (Lipinski definition) is 6. The molecule has 8 heteroatoms. The van der Waals surface area contributed by atoms with Gasteiger partial charge in [0.15, 0.2) is 11.5 Å². The second-order valence-electron chi connectivity index (χ2n) is 8.51. The lowest BCUT2D eigenvalue weighted by molar-refractivity contribution is 0.216. The summed E-state index contributed by atoms with van der Waals surface area (Å²) in [5.74, 6) is 0.658. The van der Waals surface area contributed by atoms with Crippen LogP contribution in [-0.2, 0) is 0 Å². The Morgan fingerprint density at radius 2 is 2.00 bits per heavy atom. The largest absolute Gasteiger partial charge is 0.360 e. The number of nitrogens with one attached hydrogen (secondary N) is 2. The summed E-state index contributed by atoms with van der Waals surface area (Å²) in [7, 11) is 2.14. The fourth-order valence-corrected chi connectivity index (χ4v) is 4.68. The fraction of sp³-hybridized carbons (Fsp3) is 0.391. The Balaban J connectivity index is 1.63. The number of H-pyrrole nitrogens is 1. The van der Waals surface area contributed by atoms with Crippen molar-refractivity contribution in [2.45, 2.75) is 38.8 Å². The van der Waals surface area contributed by atoms with E-state index < -0.39 is 0 Å². The van der Waals surface area contributed by atoms with Crippen LogP contribution in [0, 0.1) is 6.92 Å². The Kier molecular flexibility index (Phi) is 4.94. The van der Waals surface area contributed by atoms with Gasteiger partial charge in [0.2, 0.25) is 0 Å². The zero-order valence-electron chi connectivity index (χ0n) is 18.1. The first-order chi connectivity index (χ1) is 15.0. The molecule has 0 aliphatic carbocycles. The molecule has 1 fully saturated rings. The molecule has 0 bridgehead atoms. The van der Waals surface area contributed by atoms with Crippen molar-refractivity contribution in [1.29, 1.82) is 0 Å². The van der Waals surface area contributed by atoms with E-state index in [-0.39, 0.29) is 17.6 Å².